The number of hydrogen-bond acceptors (Lipinski definition) is 2. The summed E-state index contributed by atoms with van der Waals surface area (Å²) in [5.74, 6) is -0.428. The molecule has 0 saturated heterocycles. The lowest BCUT2D eigenvalue weighted by molar-refractivity contribution is -0.119. The minimum absolute atomic E-state index is 0.0510. The Morgan fingerprint density at radius 2 is 2.20 bits per heavy atom. The van der Waals surface area contributed by atoms with Crippen LogP contribution in [0.15, 0.2) is 24.3 Å². The van der Waals surface area contributed by atoms with Crippen molar-refractivity contribution in [3.8, 4) is 0 Å². The van der Waals surface area contributed by atoms with Gasteiger partial charge >= 0.3 is 0 Å². The minimum atomic E-state index is -0.259. The van der Waals surface area contributed by atoms with Crippen molar-refractivity contribution in [3.05, 3.63) is 29.8 Å². The molecule has 2 rings (SSSR count). The van der Waals surface area contributed by atoms with E-state index in [4.69, 9.17) is 0 Å². The molecule has 0 bridgehead atoms. The molecule has 1 aromatic rings. The summed E-state index contributed by atoms with van der Waals surface area (Å²) in [7, 11) is 0. The highest BCUT2D eigenvalue weighted by Crippen LogP contribution is 2.31. The van der Waals surface area contributed by atoms with Crippen molar-refractivity contribution < 1.29 is 9.59 Å². The molecule has 0 saturated carbocycles. The van der Waals surface area contributed by atoms with Crippen LogP contribution in [0.2, 0.25) is 0 Å². The molecule has 1 aliphatic rings. The number of carbonyl (C=O) groups excluding carboxylic acids is 2. The predicted octanol–water partition coefficient (Wildman–Crippen LogP) is 0.858. The number of fused-ring (bicyclic) bond motifs is 1. The van der Waals surface area contributed by atoms with E-state index in [1.54, 1.807) is 0 Å². The molecule has 0 fully saturated rings. The molecule has 0 radical (unpaired) electrons. The Morgan fingerprint density at radius 1 is 1.47 bits per heavy atom. The number of rotatable bonds is 2. The van der Waals surface area contributed by atoms with E-state index in [1.807, 2.05) is 24.3 Å². The van der Waals surface area contributed by atoms with Crippen LogP contribution < -0.4 is 10.6 Å². The first-order valence-electron chi connectivity index (χ1n) is 4.82. The summed E-state index contributed by atoms with van der Waals surface area (Å²) in [6.45, 7) is 1.80. The molecule has 0 aliphatic carbocycles. The smallest absolute Gasteiger partial charge is 0.233 e. The van der Waals surface area contributed by atoms with Crippen LogP contribution >= 0.6 is 0 Å². The average molecular weight is 204 g/mol. The van der Waals surface area contributed by atoms with E-state index in [0.29, 0.717) is 6.54 Å². The predicted molar refractivity (Wildman–Crippen MR) is 56.5 cm³/mol. The molecule has 2 N–H and O–H groups in total. The van der Waals surface area contributed by atoms with E-state index in [0.717, 1.165) is 11.3 Å². The van der Waals surface area contributed by atoms with E-state index in [-0.39, 0.29) is 17.7 Å². The molecule has 0 unspecified atom stereocenters. The molecule has 4 nitrogen and oxygen atoms in total. The number of benzene rings is 1. The van der Waals surface area contributed by atoms with E-state index >= 15 is 0 Å². The van der Waals surface area contributed by atoms with E-state index in [9.17, 15) is 9.59 Å². The fourth-order valence-corrected chi connectivity index (χ4v) is 1.72. The summed E-state index contributed by atoms with van der Waals surface area (Å²) in [6, 6.07) is 7.53. The first kappa shape index (κ1) is 9.71. The SMILES string of the molecule is CC(=O)NC[C@H]1C(=O)Nc2ccccc21. The van der Waals surface area contributed by atoms with Crippen molar-refractivity contribution in [3.63, 3.8) is 0 Å². The number of para-hydroxylation sites is 1. The summed E-state index contributed by atoms with van der Waals surface area (Å²) >= 11 is 0. The van der Waals surface area contributed by atoms with Crippen LogP contribution in [-0.4, -0.2) is 18.4 Å². The molecule has 1 atom stereocenters. The maximum atomic E-state index is 11.6. The van der Waals surface area contributed by atoms with Crippen LogP contribution in [0.4, 0.5) is 5.69 Å². The molecular weight excluding hydrogens is 192 g/mol. The zero-order valence-electron chi connectivity index (χ0n) is 8.41. The van der Waals surface area contributed by atoms with Gasteiger partial charge in [-0.1, -0.05) is 18.2 Å². The lowest BCUT2D eigenvalue weighted by Gasteiger charge is -2.08. The molecular formula is C11H12N2O2. The van der Waals surface area contributed by atoms with Crippen molar-refractivity contribution in [1.29, 1.82) is 0 Å². The Labute approximate surface area is 87.7 Å². The zero-order chi connectivity index (χ0) is 10.8. The molecule has 2 amide bonds. The van der Waals surface area contributed by atoms with Crippen molar-refractivity contribution >= 4 is 17.5 Å². The van der Waals surface area contributed by atoms with Crippen LogP contribution in [0.5, 0.6) is 0 Å². The zero-order valence-corrected chi connectivity index (χ0v) is 8.41. The number of amides is 2. The Balaban J connectivity index is 2.18. The van der Waals surface area contributed by atoms with Gasteiger partial charge in [0, 0.05) is 19.2 Å². The minimum Gasteiger partial charge on any atom is -0.355 e. The van der Waals surface area contributed by atoms with Gasteiger partial charge in [-0.15, -0.1) is 0 Å². The van der Waals surface area contributed by atoms with Crippen molar-refractivity contribution in [2.75, 3.05) is 11.9 Å². The molecule has 0 spiro atoms. The molecule has 78 valence electrons. The summed E-state index contributed by atoms with van der Waals surface area (Å²) in [6.07, 6.45) is 0. The molecule has 1 aromatic carbocycles. The van der Waals surface area contributed by atoms with Gasteiger partial charge in [-0.25, -0.2) is 0 Å². The Hall–Kier alpha value is -1.84. The van der Waals surface area contributed by atoms with Gasteiger partial charge in [-0.3, -0.25) is 9.59 Å². The molecule has 0 aromatic heterocycles. The first-order valence-corrected chi connectivity index (χ1v) is 4.82. The Kier molecular flexibility index (Phi) is 2.41. The highest BCUT2D eigenvalue weighted by molar-refractivity contribution is 6.03. The molecule has 1 aliphatic heterocycles. The van der Waals surface area contributed by atoms with Crippen LogP contribution in [0.25, 0.3) is 0 Å². The number of hydrogen-bond donors (Lipinski definition) is 2. The Bertz CT molecular complexity index is 415. The highest BCUT2D eigenvalue weighted by Gasteiger charge is 2.29. The van der Waals surface area contributed by atoms with Crippen molar-refractivity contribution in [1.82, 2.24) is 5.32 Å². The maximum absolute atomic E-state index is 11.6. The Morgan fingerprint density at radius 3 is 2.93 bits per heavy atom. The van der Waals surface area contributed by atoms with Crippen LogP contribution in [0.3, 0.4) is 0 Å². The van der Waals surface area contributed by atoms with Crippen LogP contribution in [0, 0.1) is 0 Å². The van der Waals surface area contributed by atoms with Gasteiger partial charge in [0.1, 0.15) is 0 Å². The third kappa shape index (κ3) is 1.83. The molecule has 4 heteroatoms. The van der Waals surface area contributed by atoms with E-state index in [2.05, 4.69) is 10.6 Å². The fourth-order valence-electron chi connectivity index (χ4n) is 1.72. The lowest BCUT2D eigenvalue weighted by Crippen LogP contribution is -2.29. The summed E-state index contributed by atoms with van der Waals surface area (Å²) < 4.78 is 0. The second-order valence-electron chi connectivity index (χ2n) is 3.57. The summed E-state index contributed by atoms with van der Waals surface area (Å²) in [5, 5.41) is 5.44. The van der Waals surface area contributed by atoms with Gasteiger partial charge in [-0.05, 0) is 11.6 Å². The second kappa shape index (κ2) is 3.73. The van der Waals surface area contributed by atoms with Gasteiger partial charge in [-0.2, -0.15) is 0 Å². The number of nitrogens with one attached hydrogen (secondary N) is 2. The third-order valence-corrected chi connectivity index (χ3v) is 2.47. The van der Waals surface area contributed by atoms with E-state index in [1.165, 1.54) is 6.92 Å². The van der Waals surface area contributed by atoms with Crippen LogP contribution in [0.1, 0.15) is 18.4 Å². The topological polar surface area (TPSA) is 58.2 Å². The second-order valence-corrected chi connectivity index (χ2v) is 3.57. The highest BCUT2D eigenvalue weighted by atomic mass is 16.2. The standard InChI is InChI=1S/C11H12N2O2/c1-7(14)12-6-9-8-4-2-3-5-10(8)13-11(9)15/h2-5,9H,6H2,1H3,(H,12,14)(H,13,15)/t9-/m1/s1. The molecule has 15 heavy (non-hydrogen) atoms. The number of carbonyl (C=O) groups is 2. The van der Waals surface area contributed by atoms with Crippen LogP contribution in [-0.2, 0) is 9.59 Å². The first-order chi connectivity index (χ1) is 7.18. The largest absolute Gasteiger partial charge is 0.355 e. The van der Waals surface area contributed by atoms with Gasteiger partial charge < -0.3 is 10.6 Å². The van der Waals surface area contributed by atoms with Gasteiger partial charge in [0.2, 0.25) is 11.8 Å². The van der Waals surface area contributed by atoms with Gasteiger partial charge in [0.25, 0.3) is 0 Å². The molecule has 1 heterocycles. The van der Waals surface area contributed by atoms with Gasteiger partial charge in [0.05, 0.1) is 5.92 Å². The van der Waals surface area contributed by atoms with Crippen molar-refractivity contribution in [2.24, 2.45) is 0 Å². The van der Waals surface area contributed by atoms with Gasteiger partial charge in [0.15, 0.2) is 0 Å². The fraction of sp³-hybridized carbons (Fsp3) is 0.273. The third-order valence-electron chi connectivity index (χ3n) is 2.47. The average Bonchev–Trinajstić information content (AvgIpc) is 2.50. The van der Waals surface area contributed by atoms with E-state index < -0.39 is 0 Å². The maximum Gasteiger partial charge on any atom is 0.233 e. The normalized spacial score (nSPS) is 18.2. The number of anilines is 1. The quantitative estimate of drug-likeness (QED) is 0.750. The summed E-state index contributed by atoms with van der Waals surface area (Å²) in [4.78, 5) is 22.4. The summed E-state index contributed by atoms with van der Waals surface area (Å²) in [5.41, 5.74) is 1.80. The van der Waals surface area contributed by atoms with Crippen molar-refractivity contribution in [2.45, 2.75) is 12.8 Å². The monoisotopic (exact) mass is 204 g/mol. The lowest BCUT2D eigenvalue weighted by atomic mass is 10.0.